The van der Waals surface area contributed by atoms with Crippen LogP contribution >= 0.6 is 0 Å². The van der Waals surface area contributed by atoms with Crippen LogP contribution in [-0.4, -0.2) is 18.3 Å². The Bertz CT molecular complexity index is 433. The van der Waals surface area contributed by atoms with Crippen LogP contribution in [0, 0.1) is 6.92 Å². The number of alkyl halides is 3. The van der Waals surface area contributed by atoms with Crippen molar-refractivity contribution in [2.45, 2.75) is 65.4 Å². The molecule has 1 aromatic heterocycles. The van der Waals surface area contributed by atoms with Gasteiger partial charge in [-0.1, -0.05) is 0 Å². The van der Waals surface area contributed by atoms with Gasteiger partial charge in [0.1, 0.15) is 18.1 Å². The highest BCUT2D eigenvalue weighted by Gasteiger charge is 2.25. The summed E-state index contributed by atoms with van der Waals surface area (Å²) in [6.45, 7) is 9.07. The molecular formula is C15H24F3NO2. The summed E-state index contributed by atoms with van der Waals surface area (Å²) in [5.74, 6) is 1.45. The van der Waals surface area contributed by atoms with Gasteiger partial charge in [-0.25, -0.2) is 0 Å². The van der Waals surface area contributed by atoms with E-state index in [1.54, 1.807) is 0 Å². The molecule has 0 bridgehead atoms. The van der Waals surface area contributed by atoms with Crippen molar-refractivity contribution in [3.63, 3.8) is 0 Å². The van der Waals surface area contributed by atoms with E-state index in [-0.39, 0.29) is 25.2 Å². The molecular weight excluding hydrogens is 283 g/mol. The molecule has 0 aromatic carbocycles. The molecule has 0 aliphatic rings. The number of ether oxygens (including phenoxy) is 1. The molecule has 0 aliphatic heterocycles. The number of aryl methyl sites for hydroxylation is 1. The van der Waals surface area contributed by atoms with Gasteiger partial charge in [-0.2, -0.15) is 13.2 Å². The van der Waals surface area contributed by atoms with Crippen LogP contribution in [0.4, 0.5) is 13.2 Å². The van der Waals surface area contributed by atoms with E-state index in [0.717, 1.165) is 11.3 Å². The molecule has 0 amide bonds. The van der Waals surface area contributed by atoms with E-state index in [4.69, 9.17) is 9.15 Å². The first-order valence-electron chi connectivity index (χ1n) is 7.04. The maximum absolute atomic E-state index is 12.0. The Labute approximate surface area is 123 Å². The van der Waals surface area contributed by atoms with E-state index in [9.17, 15) is 13.2 Å². The molecule has 0 saturated carbocycles. The normalized spacial score (nSPS) is 12.9. The number of hydrogen-bond donors (Lipinski definition) is 1. The van der Waals surface area contributed by atoms with E-state index in [0.29, 0.717) is 12.3 Å². The van der Waals surface area contributed by atoms with Crippen molar-refractivity contribution >= 4 is 0 Å². The van der Waals surface area contributed by atoms with Crippen LogP contribution in [0.1, 0.15) is 50.7 Å². The number of furan rings is 1. The fourth-order valence-electron chi connectivity index (χ4n) is 1.74. The average molecular weight is 307 g/mol. The highest BCUT2D eigenvalue weighted by Crippen LogP contribution is 2.21. The zero-order valence-corrected chi connectivity index (χ0v) is 13.1. The molecule has 1 heterocycles. The summed E-state index contributed by atoms with van der Waals surface area (Å²) in [5.41, 5.74) is 1.05. The predicted molar refractivity (Wildman–Crippen MR) is 75.0 cm³/mol. The summed E-state index contributed by atoms with van der Waals surface area (Å²) in [4.78, 5) is 0. The minimum absolute atomic E-state index is 0.0119. The van der Waals surface area contributed by atoms with Gasteiger partial charge in [0.25, 0.3) is 0 Å². The molecule has 6 heteroatoms. The first kappa shape index (κ1) is 18.0. The molecule has 0 unspecified atom stereocenters. The zero-order valence-electron chi connectivity index (χ0n) is 13.1. The van der Waals surface area contributed by atoms with E-state index < -0.39 is 12.6 Å². The van der Waals surface area contributed by atoms with Gasteiger partial charge in [-0.05, 0) is 40.2 Å². The van der Waals surface area contributed by atoms with Crippen molar-refractivity contribution in [1.29, 1.82) is 0 Å². The first-order chi connectivity index (χ1) is 9.57. The SMILES string of the molecule is Cc1oc(COCCCC(F)(F)F)cc1CNC(C)(C)C. The molecule has 0 aliphatic carbocycles. The van der Waals surface area contributed by atoms with Gasteiger partial charge in [-0.3, -0.25) is 0 Å². The molecule has 0 atom stereocenters. The van der Waals surface area contributed by atoms with Crippen molar-refractivity contribution in [2.24, 2.45) is 0 Å². The van der Waals surface area contributed by atoms with Crippen molar-refractivity contribution in [3.8, 4) is 0 Å². The monoisotopic (exact) mass is 307 g/mol. The maximum Gasteiger partial charge on any atom is 0.389 e. The second-order valence-corrected chi connectivity index (χ2v) is 6.17. The molecule has 0 saturated heterocycles. The van der Waals surface area contributed by atoms with Crippen LogP contribution in [0.2, 0.25) is 0 Å². The smallest absolute Gasteiger partial charge is 0.389 e. The van der Waals surface area contributed by atoms with Crippen LogP contribution in [0.15, 0.2) is 10.5 Å². The Balaban J connectivity index is 2.33. The Hall–Kier alpha value is -1.01. The standard InChI is InChI=1S/C15H24F3NO2/c1-11-12(9-19-14(2,3)4)8-13(21-11)10-20-7-5-6-15(16,17)18/h8,19H,5-7,9-10H2,1-4H3. The second kappa shape index (κ2) is 7.31. The van der Waals surface area contributed by atoms with Gasteiger partial charge < -0.3 is 14.5 Å². The van der Waals surface area contributed by atoms with Gasteiger partial charge in [0, 0.05) is 30.7 Å². The lowest BCUT2D eigenvalue weighted by Gasteiger charge is -2.20. The Kier molecular flexibility index (Phi) is 6.28. The van der Waals surface area contributed by atoms with E-state index in [2.05, 4.69) is 26.1 Å². The third-order valence-electron chi connectivity index (χ3n) is 2.87. The van der Waals surface area contributed by atoms with Gasteiger partial charge in [0.2, 0.25) is 0 Å². The Morgan fingerprint density at radius 3 is 2.48 bits per heavy atom. The summed E-state index contributed by atoms with van der Waals surface area (Å²) in [7, 11) is 0. The summed E-state index contributed by atoms with van der Waals surface area (Å²) in [6, 6.07) is 1.89. The lowest BCUT2D eigenvalue weighted by Crippen LogP contribution is -2.35. The predicted octanol–water partition coefficient (Wildman–Crippen LogP) is 4.34. The number of halogens is 3. The fraction of sp³-hybridized carbons (Fsp3) is 0.733. The minimum atomic E-state index is -4.11. The topological polar surface area (TPSA) is 34.4 Å². The van der Waals surface area contributed by atoms with Crippen LogP contribution in [-0.2, 0) is 17.9 Å². The Morgan fingerprint density at radius 1 is 1.24 bits per heavy atom. The van der Waals surface area contributed by atoms with Gasteiger partial charge >= 0.3 is 6.18 Å². The molecule has 3 nitrogen and oxygen atoms in total. The first-order valence-corrected chi connectivity index (χ1v) is 7.04. The van der Waals surface area contributed by atoms with Gasteiger partial charge in [-0.15, -0.1) is 0 Å². The minimum Gasteiger partial charge on any atom is -0.464 e. The van der Waals surface area contributed by atoms with Crippen LogP contribution < -0.4 is 5.32 Å². The largest absolute Gasteiger partial charge is 0.464 e. The van der Waals surface area contributed by atoms with Crippen LogP contribution in [0.3, 0.4) is 0 Å². The van der Waals surface area contributed by atoms with Crippen molar-refractivity contribution in [2.75, 3.05) is 6.61 Å². The van der Waals surface area contributed by atoms with E-state index >= 15 is 0 Å². The third-order valence-corrected chi connectivity index (χ3v) is 2.87. The lowest BCUT2D eigenvalue weighted by atomic mass is 10.1. The molecule has 1 aromatic rings. The summed E-state index contributed by atoms with van der Waals surface area (Å²) < 4.78 is 46.6. The summed E-state index contributed by atoms with van der Waals surface area (Å²) in [5, 5.41) is 3.36. The average Bonchev–Trinajstić information content (AvgIpc) is 2.64. The highest BCUT2D eigenvalue weighted by molar-refractivity contribution is 5.20. The summed E-state index contributed by atoms with van der Waals surface area (Å²) >= 11 is 0. The Morgan fingerprint density at radius 2 is 1.90 bits per heavy atom. The van der Waals surface area contributed by atoms with Crippen molar-refractivity contribution < 1.29 is 22.3 Å². The molecule has 0 spiro atoms. The van der Waals surface area contributed by atoms with Crippen LogP contribution in [0.5, 0.6) is 0 Å². The fourth-order valence-corrected chi connectivity index (χ4v) is 1.74. The molecule has 0 radical (unpaired) electrons. The lowest BCUT2D eigenvalue weighted by molar-refractivity contribution is -0.138. The van der Waals surface area contributed by atoms with Crippen molar-refractivity contribution in [1.82, 2.24) is 5.32 Å². The zero-order chi connectivity index (χ0) is 16.1. The van der Waals surface area contributed by atoms with Crippen LogP contribution in [0.25, 0.3) is 0 Å². The van der Waals surface area contributed by atoms with Crippen molar-refractivity contribution in [3.05, 3.63) is 23.2 Å². The quantitative estimate of drug-likeness (QED) is 0.761. The molecule has 1 N–H and O–H groups in total. The second-order valence-electron chi connectivity index (χ2n) is 6.17. The number of nitrogens with one attached hydrogen (secondary N) is 1. The van der Waals surface area contributed by atoms with Gasteiger partial charge in [0.05, 0.1) is 0 Å². The molecule has 21 heavy (non-hydrogen) atoms. The molecule has 1 rings (SSSR count). The molecule has 0 fully saturated rings. The van der Waals surface area contributed by atoms with Gasteiger partial charge in [0.15, 0.2) is 0 Å². The van der Waals surface area contributed by atoms with E-state index in [1.165, 1.54) is 0 Å². The summed E-state index contributed by atoms with van der Waals surface area (Å²) in [6.07, 6.45) is -4.96. The molecule has 122 valence electrons. The van der Waals surface area contributed by atoms with E-state index in [1.807, 2.05) is 13.0 Å². The number of hydrogen-bond acceptors (Lipinski definition) is 3. The third kappa shape index (κ3) is 8.12. The highest BCUT2D eigenvalue weighted by atomic mass is 19.4. The maximum atomic E-state index is 12.0. The number of rotatable bonds is 7.